The van der Waals surface area contributed by atoms with Crippen LogP contribution in [0.25, 0.3) is 0 Å². The lowest BCUT2D eigenvalue weighted by molar-refractivity contribution is 0.128. The summed E-state index contributed by atoms with van der Waals surface area (Å²) in [4.78, 5) is 0. The molecule has 16 heavy (non-hydrogen) atoms. The lowest BCUT2D eigenvalue weighted by Crippen LogP contribution is -2.40. The van der Waals surface area contributed by atoms with Crippen LogP contribution in [0.4, 0.5) is 0 Å². The topological polar surface area (TPSA) is 21.3 Å². The molecule has 3 atom stereocenters. The predicted octanol–water partition coefficient (Wildman–Crippen LogP) is 2.82. The molecule has 1 aliphatic heterocycles. The van der Waals surface area contributed by atoms with Gasteiger partial charge in [0.1, 0.15) is 0 Å². The van der Waals surface area contributed by atoms with Crippen LogP contribution in [0, 0.1) is 0 Å². The van der Waals surface area contributed by atoms with Crippen LogP contribution < -0.4 is 5.32 Å². The molecule has 0 radical (unpaired) electrons. The normalized spacial score (nSPS) is 35.4. The number of ether oxygens (including phenoxy) is 1. The summed E-state index contributed by atoms with van der Waals surface area (Å²) in [5, 5.41) is 4.48. The lowest BCUT2D eigenvalue weighted by Gasteiger charge is -2.32. The summed E-state index contributed by atoms with van der Waals surface area (Å²) >= 11 is 2.16. The summed E-state index contributed by atoms with van der Waals surface area (Å²) in [6, 6.07) is 0.755. The van der Waals surface area contributed by atoms with Crippen molar-refractivity contribution in [1.82, 2.24) is 5.32 Å². The van der Waals surface area contributed by atoms with Gasteiger partial charge in [-0.1, -0.05) is 19.8 Å². The highest BCUT2D eigenvalue weighted by Gasteiger charge is 2.26. The van der Waals surface area contributed by atoms with Crippen LogP contribution in [0.5, 0.6) is 0 Å². The summed E-state index contributed by atoms with van der Waals surface area (Å²) in [7, 11) is 0. The maximum Gasteiger partial charge on any atom is 0.0666 e. The van der Waals surface area contributed by atoms with E-state index in [1.165, 1.54) is 44.3 Å². The molecule has 3 heteroatoms. The molecular formula is C13H25NOS. The average Bonchev–Trinajstić information content (AvgIpc) is 2.81. The summed E-state index contributed by atoms with van der Waals surface area (Å²) in [5.41, 5.74) is 0. The van der Waals surface area contributed by atoms with Crippen molar-refractivity contribution in [2.24, 2.45) is 0 Å². The zero-order chi connectivity index (χ0) is 11.2. The summed E-state index contributed by atoms with van der Waals surface area (Å²) < 4.78 is 5.70. The summed E-state index contributed by atoms with van der Waals surface area (Å²) in [5.74, 6) is 1.21. The highest BCUT2D eigenvalue weighted by Crippen LogP contribution is 2.30. The second-order valence-electron chi connectivity index (χ2n) is 4.96. The molecule has 2 nitrogen and oxygen atoms in total. The van der Waals surface area contributed by atoms with Crippen molar-refractivity contribution in [1.29, 1.82) is 0 Å². The first kappa shape index (κ1) is 12.7. The molecule has 0 spiro atoms. The van der Waals surface area contributed by atoms with E-state index < -0.39 is 0 Å². The van der Waals surface area contributed by atoms with Crippen molar-refractivity contribution in [2.75, 3.05) is 18.9 Å². The molecule has 0 amide bonds. The third-order valence-corrected chi connectivity index (χ3v) is 5.25. The quantitative estimate of drug-likeness (QED) is 0.802. The van der Waals surface area contributed by atoms with E-state index in [0.717, 1.165) is 24.4 Å². The predicted molar refractivity (Wildman–Crippen MR) is 71.2 cm³/mol. The molecule has 0 bridgehead atoms. The Morgan fingerprint density at radius 1 is 1.19 bits per heavy atom. The zero-order valence-electron chi connectivity index (χ0n) is 10.4. The van der Waals surface area contributed by atoms with Gasteiger partial charge in [-0.05, 0) is 32.2 Å². The van der Waals surface area contributed by atoms with Crippen LogP contribution in [-0.2, 0) is 4.74 Å². The van der Waals surface area contributed by atoms with Gasteiger partial charge in [-0.15, -0.1) is 0 Å². The molecule has 94 valence electrons. The maximum atomic E-state index is 5.70. The van der Waals surface area contributed by atoms with E-state index >= 15 is 0 Å². The third kappa shape index (κ3) is 3.64. The van der Waals surface area contributed by atoms with Crippen LogP contribution in [0.1, 0.15) is 45.4 Å². The highest BCUT2D eigenvalue weighted by atomic mass is 32.2. The molecule has 0 aromatic heterocycles. The van der Waals surface area contributed by atoms with Crippen molar-refractivity contribution in [3.63, 3.8) is 0 Å². The molecular weight excluding hydrogens is 218 g/mol. The number of nitrogens with one attached hydrogen (secondary N) is 1. The fourth-order valence-electron chi connectivity index (χ4n) is 2.80. The molecule has 1 heterocycles. The van der Waals surface area contributed by atoms with Gasteiger partial charge in [0.2, 0.25) is 0 Å². The SMILES string of the molecule is CCNC1CCCCC1SCC1CCCO1. The van der Waals surface area contributed by atoms with Gasteiger partial charge < -0.3 is 10.1 Å². The van der Waals surface area contributed by atoms with E-state index in [2.05, 4.69) is 24.0 Å². The van der Waals surface area contributed by atoms with Gasteiger partial charge in [0.25, 0.3) is 0 Å². The fourth-order valence-corrected chi connectivity index (χ4v) is 4.32. The Hall–Kier alpha value is 0.270. The van der Waals surface area contributed by atoms with Gasteiger partial charge in [-0.2, -0.15) is 11.8 Å². The first-order valence-corrected chi connectivity index (χ1v) is 7.91. The first-order valence-electron chi connectivity index (χ1n) is 6.86. The molecule has 3 unspecified atom stereocenters. The number of hydrogen-bond acceptors (Lipinski definition) is 3. The van der Waals surface area contributed by atoms with Crippen LogP contribution in [0.3, 0.4) is 0 Å². The zero-order valence-corrected chi connectivity index (χ0v) is 11.2. The Bertz CT molecular complexity index is 192. The Morgan fingerprint density at radius 2 is 2.06 bits per heavy atom. The van der Waals surface area contributed by atoms with E-state index in [9.17, 15) is 0 Å². The minimum atomic E-state index is 0.550. The second-order valence-corrected chi connectivity index (χ2v) is 6.23. The van der Waals surface area contributed by atoms with Crippen LogP contribution in [0.2, 0.25) is 0 Å². The lowest BCUT2D eigenvalue weighted by atomic mass is 9.95. The molecule has 1 aliphatic carbocycles. The highest BCUT2D eigenvalue weighted by molar-refractivity contribution is 8.00. The third-order valence-electron chi connectivity index (χ3n) is 3.69. The van der Waals surface area contributed by atoms with Gasteiger partial charge in [0, 0.05) is 23.7 Å². The van der Waals surface area contributed by atoms with Gasteiger partial charge in [-0.3, -0.25) is 0 Å². The summed E-state index contributed by atoms with van der Waals surface area (Å²) in [6.07, 6.45) is 8.71. The van der Waals surface area contributed by atoms with Gasteiger partial charge in [-0.25, -0.2) is 0 Å². The first-order chi connectivity index (χ1) is 7.90. The molecule has 0 aromatic carbocycles. The van der Waals surface area contributed by atoms with E-state index in [0.29, 0.717) is 6.10 Å². The average molecular weight is 243 g/mol. The van der Waals surface area contributed by atoms with E-state index in [4.69, 9.17) is 4.74 Å². The van der Waals surface area contributed by atoms with Gasteiger partial charge >= 0.3 is 0 Å². The Morgan fingerprint density at radius 3 is 2.81 bits per heavy atom. The van der Waals surface area contributed by atoms with Gasteiger partial charge in [0.15, 0.2) is 0 Å². The second kappa shape index (κ2) is 6.87. The minimum absolute atomic E-state index is 0.550. The Kier molecular flexibility index (Phi) is 5.46. The van der Waals surface area contributed by atoms with Crippen molar-refractivity contribution in [2.45, 2.75) is 62.8 Å². The minimum Gasteiger partial charge on any atom is -0.377 e. The molecule has 0 aromatic rings. The Balaban J connectivity index is 1.72. The standard InChI is InChI=1S/C13H25NOS/c1-2-14-12-7-3-4-8-13(12)16-10-11-6-5-9-15-11/h11-14H,2-10H2,1H3. The summed E-state index contributed by atoms with van der Waals surface area (Å²) in [6.45, 7) is 4.32. The van der Waals surface area contributed by atoms with E-state index in [1.807, 2.05) is 0 Å². The van der Waals surface area contributed by atoms with Crippen molar-refractivity contribution < 1.29 is 4.74 Å². The van der Waals surface area contributed by atoms with Crippen molar-refractivity contribution in [3.05, 3.63) is 0 Å². The molecule has 2 rings (SSSR count). The molecule has 1 N–H and O–H groups in total. The molecule has 2 aliphatic rings. The van der Waals surface area contributed by atoms with Crippen LogP contribution in [0.15, 0.2) is 0 Å². The molecule has 1 saturated heterocycles. The van der Waals surface area contributed by atoms with Crippen LogP contribution in [-0.4, -0.2) is 36.3 Å². The van der Waals surface area contributed by atoms with Crippen molar-refractivity contribution >= 4 is 11.8 Å². The van der Waals surface area contributed by atoms with E-state index in [1.54, 1.807) is 0 Å². The fraction of sp³-hybridized carbons (Fsp3) is 1.00. The Labute approximate surface area is 104 Å². The van der Waals surface area contributed by atoms with E-state index in [-0.39, 0.29) is 0 Å². The maximum absolute atomic E-state index is 5.70. The molecule has 1 saturated carbocycles. The smallest absolute Gasteiger partial charge is 0.0666 e. The largest absolute Gasteiger partial charge is 0.377 e. The molecule has 2 fully saturated rings. The van der Waals surface area contributed by atoms with Gasteiger partial charge in [0.05, 0.1) is 6.10 Å². The number of thioether (sulfide) groups is 1. The van der Waals surface area contributed by atoms with Crippen LogP contribution >= 0.6 is 11.8 Å². The monoisotopic (exact) mass is 243 g/mol. The number of hydrogen-bond donors (Lipinski definition) is 1. The van der Waals surface area contributed by atoms with Crippen molar-refractivity contribution in [3.8, 4) is 0 Å². The number of rotatable bonds is 5.